The molecule has 44 heavy (non-hydrogen) atoms. The Hall–Kier alpha value is -4.79. The molecule has 0 bridgehead atoms. The Morgan fingerprint density at radius 3 is 2.02 bits per heavy atom. The van der Waals surface area contributed by atoms with Gasteiger partial charge in [-0.25, -0.2) is 0 Å². The van der Waals surface area contributed by atoms with Crippen LogP contribution in [0.1, 0.15) is 42.5 Å². The average Bonchev–Trinajstić information content (AvgIpc) is 3.59. The van der Waals surface area contributed by atoms with Crippen LogP contribution in [0.15, 0.2) is 84.9 Å². The highest BCUT2D eigenvalue weighted by atomic mass is 16.2. The highest BCUT2D eigenvalue weighted by molar-refractivity contribution is 6.38. The highest BCUT2D eigenvalue weighted by Crippen LogP contribution is 2.27. The van der Waals surface area contributed by atoms with E-state index >= 15 is 0 Å². The summed E-state index contributed by atoms with van der Waals surface area (Å²) in [5.74, 6) is -2.84. The predicted molar refractivity (Wildman–Crippen MR) is 165 cm³/mol. The number of benzene rings is 3. The van der Waals surface area contributed by atoms with Gasteiger partial charge in [-0.05, 0) is 55.4 Å². The van der Waals surface area contributed by atoms with Crippen molar-refractivity contribution in [2.45, 2.75) is 70.2 Å². The average molecular weight is 595 g/mol. The first-order valence-electron chi connectivity index (χ1n) is 15.1. The summed E-state index contributed by atoms with van der Waals surface area (Å²) in [5.41, 5.74) is 3.94. The van der Waals surface area contributed by atoms with Crippen molar-refractivity contribution in [3.63, 3.8) is 0 Å². The van der Waals surface area contributed by atoms with E-state index in [2.05, 4.69) is 16.0 Å². The van der Waals surface area contributed by atoms with Gasteiger partial charge in [0.2, 0.25) is 23.5 Å². The molecule has 0 aromatic heterocycles. The normalized spacial score (nSPS) is 19.1. The van der Waals surface area contributed by atoms with Crippen molar-refractivity contribution in [3.05, 3.63) is 107 Å². The molecule has 0 saturated carbocycles. The van der Waals surface area contributed by atoms with E-state index in [-0.39, 0.29) is 31.2 Å². The molecule has 1 fully saturated rings. The quantitative estimate of drug-likeness (QED) is 0.295. The van der Waals surface area contributed by atoms with Gasteiger partial charge in [0.15, 0.2) is 0 Å². The minimum absolute atomic E-state index is 0.158. The number of nitrogens with zero attached hydrogens (tertiary/aromatic N) is 1. The van der Waals surface area contributed by atoms with E-state index in [1.54, 1.807) is 13.8 Å². The van der Waals surface area contributed by atoms with Gasteiger partial charge < -0.3 is 20.9 Å². The van der Waals surface area contributed by atoms with Gasteiger partial charge in [0.25, 0.3) is 5.91 Å². The van der Waals surface area contributed by atoms with Crippen molar-refractivity contribution in [2.24, 2.45) is 5.92 Å². The van der Waals surface area contributed by atoms with Gasteiger partial charge in [0.05, 0.1) is 0 Å². The molecule has 0 radical (unpaired) electrons. The molecular formula is C35H38N4O5. The number of carbonyl (C=O) groups is 5. The van der Waals surface area contributed by atoms with Gasteiger partial charge in [-0.2, -0.15) is 0 Å². The molecule has 5 rings (SSSR count). The van der Waals surface area contributed by atoms with Crippen LogP contribution in [0.3, 0.4) is 0 Å². The molecule has 3 aromatic carbocycles. The van der Waals surface area contributed by atoms with Crippen LogP contribution in [-0.2, 0) is 49.8 Å². The molecule has 3 aromatic rings. The van der Waals surface area contributed by atoms with E-state index < -0.39 is 47.7 Å². The van der Waals surface area contributed by atoms with Crippen LogP contribution < -0.4 is 16.0 Å². The van der Waals surface area contributed by atoms with Crippen molar-refractivity contribution in [1.82, 2.24) is 20.9 Å². The van der Waals surface area contributed by atoms with Gasteiger partial charge in [0.1, 0.15) is 18.1 Å². The van der Waals surface area contributed by atoms with Crippen LogP contribution in [-0.4, -0.2) is 58.5 Å². The third-order valence-electron chi connectivity index (χ3n) is 8.52. The summed E-state index contributed by atoms with van der Waals surface area (Å²) in [4.78, 5) is 67.8. The number of rotatable bonds is 11. The van der Waals surface area contributed by atoms with Crippen LogP contribution in [0.2, 0.25) is 0 Å². The van der Waals surface area contributed by atoms with Gasteiger partial charge in [-0.3, -0.25) is 24.0 Å². The molecule has 1 saturated heterocycles. The molecule has 2 aliphatic rings. The van der Waals surface area contributed by atoms with E-state index in [1.165, 1.54) is 4.90 Å². The van der Waals surface area contributed by atoms with E-state index in [4.69, 9.17) is 0 Å². The van der Waals surface area contributed by atoms with Crippen molar-refractivity contribution < 1.29 is 24.0 Å². The van der Waals surface area contributed by atoms with E-state index in [9.17, 15) is 24.0 Å². The Bertz CT molecular complexity index is 1500. The third-order valence-corrected chi connectivity index (χ3v) is 8.52. The Morgan fingerprint density at radius 2 is 1.41 bits per heavy atom. The van der Waals surface area contributed by atoms with Crippen LogP contribution >= 0.6 is 0 Å². The van der Waals surface area contributed by atoms with Gasteiger partial charge in [-0.1, -0.05) is 84.9 Å². The largest absolute Gasteiger partial charge is 0.345 e. The molecule has 1 aliphatic heterocycles. The monoisotopic (exact) mass is 594 g/mol. The van der Waals surface area contributed by atoms with Crippen LogP contribution in [0.4, 0.5) is 0 Å². The molecule has 0 spiro atoms. The lowest BCUT2D eigenvalue weighted by atomic mass is 9.99. The van der Waals surface area contributed by atoms with E-state index in [0.717, 1.165) is 22.3 Å². The fourth-order valence-electron chi connectivity index (χ4n) is 6.14. The first-order valence-corrected chi connectivity index (χ1v) is 15.1. The molecule has 4 atom stereocenters. The van der Waals surface area contributed by atoms with Crippen LogP contribution in [0, 0.1) is 5.92 Å². The number of nitrogens with one attached hydrogen (secondary N) is 3. The van der Waals surface area contributed by atoms with Gasteiger partial charge >= 0.3 is 0 Å². The molecule has 9 nitrogen and oxygen atoms in total. The summed E-state index contributed by atoms with van der Waals surface area (Å²) in [6, 6.07) is 23.2. The molecule has 1 aliphatic carbocycles. The summed E-state index contributed by atoms with van der Waals surface area (Å²) < 4.78 is 0. The summed E-state index contributed by atoms with van der Waals surface area (Å²) >= 11 is 0. The molecule has 1 heterocycles. The lowest BCUT2D eigenvalue weighted by Gasteiger charge is -2.30. The summed E-state index contributed by atoms with van der Waals surface area (Å²) in [6.45, 7) is 3.58. The van der Waals surface area contributed by atoms with Crippen molar-refractivity contribution in [1.29, 1.82) is 0 Å². The molecule has 4 amide bonds. The second-order valence-electron chi connectivity index (χ2n) is 11.7. The SMILES string of the molecule is CC1C[C@H](NC(=O)[C@H](C)NC(=O)C2Cc3ccccc3C2)C(=O)N1[C@@H](Cc1ccccc1)C(=O)C(=O)NCc1ccccc1. The lowest BCUT2D eigenvalue weighted by Crippen LogP contribution is -2.54. The molecule has 1 unspecified atom stereocenters. The first-order chi connectivity index (χ1) is 21.2. The third kappa shape index (κ3) is 7.05. The number of hydrogen-bond acceptors (Lipinski definition) is 5. The maximum Gasteiger partial charge on any atom is 0.289 e. The summed E-state index contributed by atoms with van der Waals surface area (Å²) in [5, 5.41) is 8.27. The van der Waals surface area contributed by atoms with Crippen molar-refractivity contribution in [3.8, 4) is 0 Å². The fourth-order valence-corrected chi connectivity index (χ4v) is 6.14. The lowest BCUT2D eigenvalue weighted by molar-refractivity contribution is -0.145. The first kappa shape index (κ1) is 30.7. The minimum atomic E-state index is -1.04. The summed E-state index contributed by atoms with van der Waals surface area (Å²) in [7, 11) is 0. The number of likely N-dealkylation sites (tertiary alicyclic amines) is 1. The predicted octanol–water partition coefficient (Wildman–Crippen LogP) is 2.51. The van der Waals surface area contributed by atoms with Crippen LogP contribution in [0.25, 0.3) is 0 Å². The minimum Gasteiger partial charge on any atom is -0.345 e. The number of carbonyl (C=O) groups excluding carboxylic acids is 5. The van der Waals surface area contributed by atoms with Crippen molar-refractivity contribution >= 4 is 29.4 Å². The Labute approximate surface area is 257 Å². The van der Waals surface area contributed by atoms with E-state index in [0.29, 0.717) is 12.8 Å². The number of amides is 4. The zero-order chi connectivity index (χ0) is 31.2. The number of Topliss-reactive ketones (excluding diaryl/α,β-unsaturated/α-hetero) is 1. The molecule has 9 heteroatoms. The highest BCUT2D eigenvalue weighted by Gasteiger charge is 2.45. The van der Waals surface area contributed by atoms with Crippen LogP contribution in [0.5, 0.6) is 0 Å². The Kier molecular flexibility index (Phi) is 9.53. The zero-order valence-electron chi connectivity index (χ0n) is 25.0. The number of ketones is 1. The zero-order valence-corrected chi connectivity index (χ0v) is 25.0. The molecule has 228 valence electrons. The second-order valence-corrected chi connectivity index (χ2v) is 11.7. The summed E-state index contributed by atoms with van der Waals surface area (Å²) in [6.07, 6.45) is 1.68. The maximum absolute atomic E-state index is 13.7. The fraction of sp³-hybridized carbons (Fsp3) is 0.343. The second kappa shape index (κ2) is 13.7. The maximum atomic E-state index is 13.7. The topological polar surface area (TPSA) is 125 Å². The van der Waals surface area contributed by atoms with Crippen molar-refractivity contribution in [2.75, 3.05) is 0 Å². The Balaban J connectivity index is 1.23. The number of fused-ring (bicyclic) bond motifs is 1. The standard InChI is InChI=1S/C35H38N4O5/c1-22-17-29(38-32(41)23(2)37-33(42)28-19-26-15-9-10-16-27(26)20-28)35(44)39(22)30(18-24-11-5-3-6-12-24)31(40)34(43)36-21-25-13-7-4-8-14-25/h3-16,22-23,28-30H,17-21H2,1-2H3,(H,36,43)(H,37,42)(H,38,41)/t22?,23-,29-,30-/m0/s1. The Morgan fingerprint density at radius 1 is 0.841 bits per heavy atom. The smallest absolute Gasteiger partial charge is 0.289 e. The van der Waals surface area contributed by atoms with E-state index in [1.807, 2.05) is 84.9 Å². The molecule has 3 N–H and O–H groups in total. The molecular weight excluding hydrogens is 556 g/mol. The van der Waals surface area contributed by atoms with Gasteiger partial charge in [0, 0.05) is 24.9 Å². The number of hydrogen-bond donors (Lipinski definition) is 3. The van der Waals surface area contributed by atoms with Gasteiger partial charge in [-0.15, -0.1) is 0 Å².